The van der Waals surface area contributed by atoms with Gasteiger partial charge in [-0.05, 0) is 98.8 Å². The zero-order chi connectivity index (χ0) is 100. The number of carbonyl (C=O) groups is 16. The molecule has 0 bridgehead atoms. The molecule has 760 valence electrons. The highest BCUT2D eigenvalue weighted by Crippen LogP contribution is 2.24. The van der Waals surface area contributed by atoms with E-state index in [0.29, 0.717) is 34.9 Å². The lowest BCUT2D eigenvalue weighted by atomic mass is 10.0. The monoisotopic (exact) mass is 1930 g/mol. The molecule has 5 aromatic rings. The van der Waals surface area contributed by atoms with Crippen molar-refractivity contribution in [2.45, 2.75) is 292 Å². The Morgan fingerprint density at radius 1 is 0.616 bits per heavy atom. The van der Waals surface area contributed by atoms with Crippen LogP contribution in [0.25, 0.3) is 10.9 Å². The van der Waals surface area contributed by atoms with E-state index < -0.39 is 232 Å². The molecule has 2 aliphatic heterocycles. The Labute approximate surface area is 800 Å². The molecule has 47 heteroatoms. The number of ether oxygens (including phenoxy) is 2. The number of para-hydroxylation sites is 1. The molecule has 7 rings (SSSR count). The maximum Gasteiger partial charge on any atom is 0.246 e. The molecule has 13 atom stereocenters. The summed E-state index contributed by atoms with van der Waals surface area (Å²) in [5, 5.41) is 91.4. The number of aromatic nitrogens is 7. The average molecular weight is 1930 g/mol. The molecule has 3 aromatic heterocycles. The first kappa shape index (κ1) is 112. The number of tetrazole rings is 1. The van der Waals surface area contributed by atoms with Crippen molar-refractivity contribution >= 4 is 111 Å². The zero-order valence-electron chi connectivity index (χ0n) is 78.6. The van der Waals surface area contributed by atoms with E-state index in [0.717, 1.165) is 56.2 Å². The Hall–Kier alpha value is -13.2. The number of nitrogens with zero attached hydrogens (tertiary/aromatic N) is 5. The van der Waals surface area contributed by atoms with E-state index in [1.54, 1.807) is 61.7 Å². The van der Waals surface area contributed by atoms with E-state index in [9.17, 15) is 72.9 Å². The molecule has 2 fully saturated rings. The Morgan fingerprint density at radius 3 is 1.93 bits per heavy atom. The topological polar surface area (TPSA) is 725 Å². The van der Waals surface area contributed by atoms with E-state index in [1.807, 2.05) is 6.07 Å². The van der Waals surface area contributed by atoms with Crippen molar-refractivity contribution in [2.75, 3.05) is 65.8 Å². The number of carbonyl (C=O) groups excluding carboxylic acids is 16. The highest BCUT2D eigenvalue weighted by Gasteiger charge is 2.45. The normalized spacial score (nSPS) is 18.9. The molecule has 0 saturated carbocycles. The summed E-state index contributed by atoms with van der Waals surface area (Å²) in [6.45, 7) is 0.637. The van der Waals surface area contributed by atoms with Gasteiger partial charge in [0.25, 0.3) is 0 Å². The van der Waals surface area contributed by atoms with E-state index in [2.05, 4.69) is 110 Å². The first-order valence-electron chi connectivity index (χ1n) is 47.6. The van der Waals surface area contributed by atoms with Crippen LogP contribution in [-0.4, -0.2) is 301 Å². The van der Waals surface area contributed by atoms with Gasteiger partial charge in [0.2, 0.25) is 94.5 Å². The molecule has 0 radical (unpaired) electrons. The van der Waals surface area contributed by atoms with Crippen LogP contribution in [0.15, 0.2) is 73.3 Å². The lowest BCUT2D eigenvalue weighted by Gasteiger charge is -2.31. The summed E-state index contributed by atoms with van der Waals surface area (Å²) in [4.78, 5) is 236. The Balaban J connectivity index is 0.959. The van der Waals surface area contributed by atoms with Gasteiger partial charge in [-0.2, -0.15) is 0 Å². The highest BCUT2D eigenvalue weighted by atomic mass is 16.5. The molecule has 2 aliphatic rings. The molecule has 0 spiro atoms. The molecule has 47 nitrogen and oxygen atoms in total. The van der Waals surface area contributed by atoms with Crippen LogP contribution in [0, 0.1) is 5.41 Å². The van der Waals surface area contributed by atoms with Gasteiger partial charge in [0.15, 0.2) is 5.96 Å². The smallest absolute Gasteiger partial charge is 0.246 e. The number of benzene rings is 2. The molecule has 2 aromatic carbocycles. The van der Waals surface area contributed by atoms with Gasteiger partial charge in [-0.25, -0.2) is 10.1 Å². The summed E-state index contributed by atoms with van der Waals surface area (Å²) in [5.41, 5.74) is 18.9. The third-order valence-corrected chi connectivity index (χ3v) is 23.4. The fraction of sp³-hybridized carbons (Fsp3) is 0.615. The zero-order valence-corrected chi connectivity index (χ0v) is 78.6. The van der Waals surface area contributed by atoms with Crippen LogP contribution in [0.3, 0.4) is 0 Å². The van der Waals surface area contributed by atoms with Gasteiger partial charge >= 0.3 is 0 Å². The molecule has 138 heavy (non-hydrogen) atoms. The molecule has 0 aliphatic carbocycles. The number of hydrogen-bond acceptors (Lipinski definition) is 26. The van der Waals surface area contributed by atoms with Crippen LogP contribution in [0.1, 0.15) is 210 Å². The number of guanidine groups is 1. The first-order valence-corrected chi connectivity index (χ1v) is 47.6. The maximum atomic E-state index is 15.4. The fourth-order valence-electron chi connectivity index (χ4n) is 15.8. The summed E-state index contributed by atoms with van der Waals surface area (Å²) < 4.78 is 10.8. The van der Waals surface area contributed by atoms with Crippen molar-refractivity contribution in [1.29, 1.82) is 5.41 Å². The second kappa shape index (κ2) is 61.8. The van der Waals surface area contributed by atoms with Crippen molar-refractivity contribution in [1.82, 2.24) is 115 Å². The third kappa shape index (κ3) is 41.4. The predicted octanol–water partition coefficient (Wildman–Crippen LogP) is -3.13. The van der Waals surface area contributed by atoms with Crippen LogP contribution in [0.2, 0.25) is 0 Å². The summed E-state index contributed by atoms with van der Waals surface area (Å²) in [5.74, 6) is -14.2. The number of rotatable bonds is 56. The summed E-state index contributed by atoms with van der Waals surface area (Å²) in [6.07, 6.45) is 14.7. The number of H-pyrrole nitrogens is 3. The standard InChI is InChI=1S/C91H140N26O21/c1-3-4-29-64(81(127)108-67-36-38-76(123)97-39-24-23-31-63(80(93)126)104-85(131)69(46-58-49-100-62-30-22-21-28-61(58)62)109-82(128)65(32-25-40-99-91(94)95)105-84(130)68(45-57-26-17-16-18-27-57)111-88(134)72-48-60(120)52-117(72)90(67)136)107-89(135)79(56(2)119)112-86(132)70(47-59-50-96-55-102-59)110-83(129)66(35-37-73(92)121)106-87(133)71(53-118)103-77(124)51-101-78(125)54-138-44-43-137-42-41-98-75(122)34-20-15-13-11-9-7-5-6-8-10-12-14-19-33-74-113-115-116-114-74/h16-18,21-22,26-28,30,49-50,55-56,60,63-72,79,100,118-120H,3-15,19-20,23-25,29,31-48,51-54H2,1-2H3,(H2,92,121)(H2,93,126)(H,96,102)(H,97,123)(H,98,122)(H,101,125)(H,103,124)(H,104,131)(H,105,130)(H,106,133)(H,107,135)(H,108,127)(H,109,128)(H,110,129)(H,111,134)(H,112,132)(H4,94,95,99)(H,113,114,115,116)/t56?,60-,63+,64+,65+,66+,67+,68-,69+,70+,71+,72+,79+/m1/s1. The highest BCUT2D eigenvalue weighted by molar-refractivity contribution is 6.01. The van der Waals surface area contributed by atoms with Gasteiger partial charge in [-0.3, -0.25) is 82.1 Å². The number of fused-ring (bicyclic) bond motifs is 2. The van der Waals surface area contributed by atoms with Crippen LogP contribution >= 0.6 is 0 Å². The van der Waals surface area contributed by atoms with Gasteiger partial charge in [0.1, 0.15) is 78.9 Å². The molecule has 16 amide bonds. The number of primary amides is 2. The van der Waals surface area contributed by atoms with Crippen LogP contribution < -0.4 is 91.6 Å². The van der Waals surface area contributed by atoms with E-state index in [1.165, 1.54) is 63.9 Å². The number of imidazole rings is 1. The number of amides is 16. The number of nitrogens with one attached hydrogen (secondary N) is 18. The lowest BCUT2D eigenvalue weighted by Crippen LogP contribution is -2.62. The minimum absolute atomic E-state index is 0.0174. The Morgan fingerprint density at radius 2 is 1.25 bits per heavy atom. The molecular formula is C91H140N26O21. The Bertz CT molecular complexity index is 4700. The molecular weight excluding hydrogens is 1790 g/mol. The molecule has 2 saturated heterocycles. The third-order valence-electron chi connectivity index (χ3n) is 23.4. The molecule has 27 N–H and O–H groups in total. The van der Waals surface area contributed by atoms with E-state index in [4.69, 9.17) is 32.1 Å². The predicted molar refractivity (Wildman–Crippen MR) is 501 cm³/mol. The van der Waals surface area contributed by atoms with Gasteiger partial charge in [0, 0.05) is 101 Å². The van der Waals surface area contributed by atoms with Crippen molar-refractivity contribution in [3.05, 3.63) is 96.0 Å². The average Bonchev–Trinajstić information content (AvgIpc) is 1.60. The second-order valence-corrected chi connectivity index (χ2v) is 34.6. The first-order chi connectivity index (χ1) is 66.4. The number of unbranched alkanes of at least 4 members (excludes halogenated alkanes) is 13. The number of aliphatic hydroxyl groups is 3. The number of nitrogens with two attached hydrogens (primary N) is 3. The minimum atomic E-state index is -1.96. The lowest BCUT2D eigenvalue weighted by molar-refractivity contribution is -0.143. The summed E-state index contributed by atoms with van der Waals surface area (Å²) >= 11 is 0. The number of aliphatic hydroxyl groups excluding tert-OH is 3. The molecule has 1 unspecified atom stereocenters. The van der Waals surface area contributed by atoms with Crippen LogP contribution in [-0.2, 0) is 112 Å². The Kier molecular flexibility index (Phi) is 50.1. The summed E-state index contributed by atoms with van der Waals surface area (Å²) in [7, 11) is 0. The van der Waals surface area contributed by atoms with Gasteiger partial charge < -0.3 is 131 Å². The van der Waals surface area contributed by atoms with Crippen molar-refractivity contribution in [3.8, 4) is 0 Å². The minimum Gasteiger partial charge on any atom is -0.394 e. The number of aryl methyl sites for hydroxylation is 1. The maximum absolute atomic E-state index is 15.4. The largest absolute Gasteiger partial charge is 0.394 e. The quantitative estimate of drug-likeness (QED) is 0.0104. The second-order valence-electron chi connectivity index (χ2n) is 34.6. The van der Waals surface area contributed by atoms with Gasteiger partial charge in [-0.1, -0.05) is 139 Å². The van der Waals surface area contributed by atoms with Crippen molar-refractivity contribution in [3.63, 3.8) is 0 Å². The molecule has 5 heterocycles. The van der Waals surface area contributed by atoms with E-state index in [-0.39, 0.29) is 115 Å². The van der Waals surface area contributed by atoms with Crippen LogP contribution in [0.4, 0.5) is 0 Å². The van der Waals surface area contributed by atoms with Crippen molar-refractivity contribution in [2.24, 2.45) is 17.2 Å². The van der Waals surface area contributed by atoms with Crippen LogP contribution in [0.5, 0.6) is 0 Å². The summed E-state index contributed by atoms with van der Waals surface area (Å²) in [6, 6.07) is -2.31. The van der Waals surface area contributed by atoms with Crippen molar-refractivity contribution < 1.29 is 102 Å². The van der Waals surface area contributed by atoms with Gasteiger partial charge in [-0.15, -0.1) is 5.10 Å². The SMILES string of the molecule is CCCC[C@H](NC(=O)[C@@H](NC(=O)[C@H](Cc1c[nH]cn1)NC(=O)[C@H](CCC(N)=O)NC(=O)[C@H](CO)NC(=O)CNC(=O)COCCOCCNC(=O)CCCCCCCCCCCCCCCc1nnn[nH]1)C(C)O)C(=O)N[C@H]1CCC(=O)NCCCC[C@@H](C(N)=O)NC(=O)[C@H](Cc2c[nH]c3ccccc23)NC(=O)[C@H](CCCNC(=N)N)NC(=O)[C@@H](Cc2ccccc2)NC(=O)[C@@H]2C[C@@H](O)CN2C1=O. The van der Waals surface area contributed by atoms with Gasteiger partial charge in [0.05, 0.1) is 57.2 Å². The number of hydrogen-bond donors (Lipinski definition) is 24. The number of aromatic amines is 3. The van der Waals surface area contributed by atoms with E-state index >= 15 is 19.2 Å². The fourth-order valence-corrected chi connectivity index (χ4v) is 15.8.